The monoisotopic (exact) mass is 233 g/mol. The number of rotatable bonds is 1. The maximum Gasteiger partial charge on any atom is 0.127 e. The van der Waals surface area contributed by atoms with Gasteiger partial charge in [0.15, 0.2) is 0 Å². The molecule has 2 nitrogen and oxygen atoms in total. The molecule has 2 aromatic rings. The van der Waals surface area contributed by atoms with E-state index in [1.165, 1.54) is 0 Å². The number of nitrogens with zero attached hydrogens (tertiary/aromatic N) is 1. The van der Waals surface area contributed by atoms with Crippen molar-refractivity contribution in [3.05, 3.63) is 35.3 Å². The summed E-state index contributed by atoms with van der Waals surface area (Å²) in [5.74, 6) is 0.289. The van der Waals surface area contributed by atoms with E-state index in [4.69, 9.17) is 0 Å². The number of para-hydroxylation sites is 1. The van der Waals surface area contributed by atoms with Gasteiger partial charge in [0.05, 0.1) is 11.3 Å². The molecule has 3 heteroatoms. The van der Waals surface area contributed by atoms with Crippen LogP contribution in [-0.4, -0.2) is 10.1 Å². The van der Waals surface area contributed by atoms with Crippen molar-refractivity contribution in [2.24, 2.45) is 0 Å². The SMILES string of the molecule is CC(C)(C)c1csc(-c2ccccc2O)n1. The first-order chi connectivity index (χ1) is 7.48. The third-order valence-electron chi connectivity index (χ3n) is 2.41. The van der Waals surface area contributed by atoms with Gasteiger partial charge in [0.2, 0.25) is 0 Å². The van der Waals surface area contributed by atoms with Crippen LogP contribution in [0.2, 0.25) is 0 Å². The Morgan fingerprint density at radius 2 is 1.88 bits per heavy atom. The van der Waals surface area contributed by atoms with E-state index in [-0.39, 0.29) is 11.2 Å². The molecule has 0 atom stereocenters. The van der Waals surface area contributed by atoms with E-state index in [1.807, 2.05) is 18.2 Å². The number of phenolic OH excluding ortho intramolecular Hbond substituents is 1. The minimum absolute atomic E-state index is 0.0547. The average molecular weight is 233 g/mol. The maximum absolute atomic E-state index is 9.74. The van der Waals surface area contributed by atoms with E-state index in [0.717, 1.165) is 16.3 Å². The van der Waals surface area contributed by atoms with Crippen molar-refractivity contribution in [3.63, 3.8) is 0 Å². The molecule has 0 unspecified atom stereocenters. The van der Waals surface area contributed by atoms with Gasteiger partial charge in [0.1, 0.15) is 10.8 Å². The van der Waals surface area contributed by atoms with Gasteiger partial charge in [-0.3, -0.25) is 0 Å². The second-order valence-corrected chi connectivity index (χ2v) is 5.66. The summed E-state index contributed by atoms with van der Waals surface area (Å²) in [4.78, 5) is 4.57. The molecule has 1 N–H and O–H groups in total. The molecule has 0 saturated heterocycles. The Hall–Kier alpha value is -1.35. The molecule has 16 heavy (non-hydrogen) atoms. The highest BCUT2D eigenvalue weighted by atomic mass is 32.1. The molecule has 0 aliphatic rings. The molecule has 0 radical (unpaired) electrons. The zero-order valence-corrected chi connectivity index (χ0v) is 10.5. The fourth-order valence-corrected chi connectivity index (χ4v) is 2.48. The highest BCUT2D eigenvalue weighted by molar-refractivity contribution is 7.13. The first kappa shape index (κ1) is 11.1. The average Bonchev–Trinajstić information content (AvgIpc) is 2.66. The predicted molar refractivity (Wildman–Crippen MR) is 67.9 cm³/mol. The van der Waals surface area contributed by atoms with Crippen molar-refractivity contribution in [2.45, 2.75) is 26.2 Å². The van der Waals surface area contributed by atoms with Crippen LogP contribution in [0.4, 0.5) is 0 Å². The van der Waals surface area contributed by atoms with Crippen LogP contribution in [0.3, 0.4) is 0 Å². The van der Waals surface area contributed by atoms with Crippen LogP contribution in [0.1, 0.15) is 26.5 Å². The molecule has 0 aliphatic heterocycles. The third kappa shape index (κ3) is 2.09. The topological polar surface area (TPSA) is 33.1 Å². The second kappa shape index (κ2) is 3.91. The molecule has 0 bridgehead atoms. The Kier molecular flexibility index (Phi) is 2.72. The lowest BCUT2D eigenvalue weighted by molar-refractivity contribution is 0.477. The van der Waals surface area contributed by atoms with E-state index >= 15 is 0 Å². The van der Waals surface area contributed by atoms with Gasteiger partial charge in [-0.15, -0.1) is 11.3 Å². The quantitative estimate of drug-likeness (QED) is 0.812. The minimum Gasteiger partial charge on any atom is -0.507 e. The zero-order valence-electron chi connectivity index (χ0n) is 9.69. The lowest BCUT2D eigenvalue weighted by Gasteiger charge is -2.14. The summed E-state index contributed by atoms with van der Waals surface area (Å²) in [6.45, 7) is 6.41. The molecule has 0 saturated carbocycles. The van der Waals surface area contributed by atoms with E-state index in [9.17, 15) is 5.11 Å². The lowest BCUT2D eigenvalue weighted by Crippen LogP contribution is -2.11. The number of hydrogen-bond acceptors (Lipinski definition) is 3. The Labute approximate surface area is 99.6 Å². The van der Waals surface area contributed by atoms with Crippen molar-refractivity contribution >= 4 is 11.3 Å². The molecular weight excluding hydrogens is 218 g/mol. The molecule has 2 rings (SSSR count). The van der Waals surface area contributed by atoms with Crippen LogP contribution in [0, 0.1) is 0 Å². The molecule has 0 aliphatic carbocycles. The first-order valence-electron chi connectivity index (χ1n) is 5.23. The Bertz CT molecular complexity index is 497. The molecule has 0 fully saturated rings. The van der Waals surface area contributed by atoms with E-state index in [1.54, 1.807) is 17.4 Å². The van der Waals surface area contributed by atoms with E-state index in [0.29, 0.717) is 0 Å². The summed E-state index contributed by atoms with van der Waals surface area (Å²) in [6.07, 6.45) is 0. The predicted octanol–water partition coefficient (Wildman–Crippen LogP) is 3.81. The van der Waals surface area contributed by atoms with Crippen LogP contribution < -0.4 is 0 Å². The molecular formula is C13H15NOS. The number of hydrogen-bond donors (Lipinski definition) is 1. The largest absolute Gasteiger partial charge is 0.507 e. The fraction of sp³-hybridized carbons (Fsp3) is 0.308. The summed E-state index contributed by atoms with van der Waals surface area (Å²) in [5, 5.41) is 12.7. The summed E-state index contributed by atoms with van der Waals surface area (Å²) < 4.78 is 0. The maximum atomic E-state index is 9.74. The minimum atomic E-state index is 0.0547. The number of aromatic nitrogens is 1. The summed E-state index contributed by atoms with van der Waals surface area (Å²) in [7, 11) is 0. The van der Waals surface area contributed by atoms with Gasteiger partial charge in [-0.1, -0.05) is 32.9 Å². The molecule has 1 aromatic carbocycles. The van der Waals surface area contributed by atoms with Gasteiger partial charge in [-0.25, -0.2) is 4.98 Å². The van der Waals surface area contributed by atoms with Crippen molar-refractivity contribution < 1.29 is 5.11 Å². The highest BCUT2D eigenvalue weighted by Gasteiger charge is 2.18. The molecule has 84 valence electrons. The molecule has 1 aromatic heterocycles. The molecule has 0 spiro atoms. The van der Waals surface area contributed by atoms with Gasteiger partial charge in [0.25, 0.3) is 0 Å². The van der Waals surface area contributed by atoms with Crippen LogP contribution in [-0.2, 0) is 5.41 Å². The zero-order chi connectivity index (χ0) is 11.8. The van der Waals surface area contributed by atoms with E-state index < -0.39 is 0 Å². The Morgan fingerprint density at radius 3 is 2.44 bits per heavy atom. The van der Waals surface area contributed by atoms with Crippen LogP contribution in [0.25, 0.3) is 10.6 Å². The number of benzene rings is 1. The standard InChI is InChI=1S/C13H15NOS/c1-13(2,3)11-8-16-12(14-11)9-6-4-5-7-10(9)15/h4-8,15H,1-3H3. The van der Waals surface area contributed by atoms with Crippen molar-refractivity contribution in [2.75, 3.05) is 0 Å². The van der Waals surface area contributed by atoms with E-state index in [2.05, 4.69) is 31.1 Å². The summed E-state index contributed by atoms with van der Waals surface area (Å²) in [6, 6.07) is 7.30. The van der Waals surface area contributed by atoms with Gasteiger partial charge in [-0.2, -0.15) is 0 Å². The third-order valence-corrected chi connectivity index (χ3v) is 3.28. The smallest absolute Gasteiger partial charge is 0.127 e. The Balaban J connectivity index is 2.44. The summed E-state index contributed by atoms with van der Waals surface area (Å²) in [5.41, 5.74) is 1.93. The lowest BCUT2D eigenvalue weighted by atomic mass is 9.93. The van der Waals surface area contributed by atoms with Gasteiger partial charge in [0, 0.05) is 10.8 Å². The number of thiazole rings is 1. The van der Waals surface area contributed by atoms with Gasteiger partial charge < -0.3 is 5.11 Å². The van der Waals surface area contributed by atoms with Crippen molar-refractivity contribution in [3.8, 4) is 16.3 Å². The molecule has 1 heterocycles. The fourth-order valence-electron chi connectivity index (χ4n) is 1.40. The van der Waals surface area contributed by atoms with Gasteiger partial charge >= 0.3 is 0 Å². The number of aromatic hydroxyl groups is 1. The van der Waals surface area contributed by atoms with Crippen LogP contribution in [0.5, 0.6) is 5.75 Å². The number of phenols is 1. The first-order valence-corrected chi connectivity index (χ1v) is 6.11. The second-order valence-electron chi connectivity index (χ2n) is 4.81. The van der Waals surface area contributed by atoms with Crippen LogP contribution in [0.15, 0.2) is 29.6 Å². The highest BCUT2D eigenvalue weighted by Crippen LogP contribution is 2.33. The van der Waals surface area contributed by atoms with Gasteiger partial charge in [-0.05, 0) is 12.1 Å². The summed E-state index contributed by atoms with van der Waals surface area (Å²) >= 11 is 1.57. The molecule has 0 amide bonds. The Morgan fingerprint density at radius 1 is 1.19 bits per heavy atom. The van der Waals surface area contributed by atoms with Crippen molar-refractivity contribution in [1.29, 1.82) is 0 Å². The van der Waals surface area contributed by atoms with Crippen molar-refractivity contribution in [1.82, 2.24) is 4.98 Å². The van der Waals surface area contributed by atoms with Crippen LogP contribution >= 0.6 is 11.3 Å². The normalized spacial score (nSPS) is 11.7.